The molecular formula is C26H21N3O8S. The van der Waals surface area contributed by atoms with Gasteiger partial charge in [0.15, 0.2) is 17.3 Å². The van der Waals surface area contributed by atoms with Crippen molar-refractivity contribution in [1.82, 2.24) is 8.75 Å². The molecule has 4 aromatic rings. The number of methoxy groups -OCH3 is 3. The molecule has 0 amide bonds. The molecule has 0 fully saturated rings. The Morgan fingerprint density at radius 3 is 2.08 bits per heavy atom. The van der Waals surface area contributed by atoms with Gasteiger partial charge in [-0.25, -0.2) is 4.79 Å². The predicted octanol–water partition coefficient (Wildman–Crippen LogP) is 4.59. The molecule has 12 heteroatoms. The monoisotopic (exact) mass is 535 g/mol. The molecule has 0 saturated heterocycles. The highest BCUT2D eigenvalue weighted by Crippen LogP contribution is 2.39. The molecule has 194 valence electrons. The zero-order chi connectivity index (χ0) is 27.4. The van der Waals surface area contributed by atoms with Crippen LogP contribution in [0.3, 0.4) is 0 Å². The summed E-state index contributed by atoms with van der Waals surface area (Å²) in [5.41, 5.74) is 1.52. The van der Waals surface area contributed by atoms with Crippen molar-refractivity contribution < 1.29 is 33.8 Å². The van der Waals surface area contributed by atoms with Crippen LogP contribution in [0, 0.1) is 10.1 Å². The van der Waals surface area contributed by atoms with Gasteiger partial charge in [-0.1, -0.05) is 18.2 Å². The maximum absolute atomic E-state index is 14.0. The highest BCUT2D eigenvalue weighted by atomic mass is 32.1. The van der Waals surface area contributed by atoms with Gasteiger partial charge in [-0.3, -0.25) is 14.9 Å². The van der Waals surface area contributed by atoms with Crippen molar-refractivity contribution in [2.45, 2.75) is 6.42 Å². The lowest BCUT2D eigenvalue weighted by Crippen LogP contribution is -2.14. The first-order valence-electron chi connectivity index (χ1n) is 11.0. The molecule has 1 heterocycles. The lowest BCUT2D eigenvalue weighted by atomic mass is 9.89. The van der Waals surface area contributed by atoms with Crippen molar-refractivity contribution in [3.8, 4) is 17.2 Å². The molecule has 0 unspecified atom stereocenters. The largest absolute Gasteiger partial charge is 0.493 e. The molecule has 0 radical (unpaired) electrons. The number of ether oxygens (including phenoxy) is 3. The average Bonchev–Trinajstić information content (AvgIpc) is 3.39. The van der Waals surface area contributed by atoms with E-state index >= 15 is 0 Å². The van der Waals surface area contributed by atoms with Crippen LogP contribution >= 0.6 is 11.7 Å². The van der Waals surface area contributed by atoms with Crippen molar-refractivity contribution in [3.63, 3.8) is 0 Å². The van der Waals surface area contributed by atoms with Crippen LogP contribution in [-0.4, -0.2) is 51.9 Å². The first-order chi connectivity index (χ1) is 18.3. The molecule has 0 bridgehead atoms. The first kappa shape index (κ1) is 26.2. The fourth-order valence-corrected chi connectivity index (χ4v) is 4.49. The van der Waals surface area contributed by atoms with E-state index in [0.717, 1.165) is 11.7 Å². The second kappa shape index (κ2) is 11.0. The molecule has 11 nitrogen and oxygen atoms in total. The SMILES string of the molecule is COc1cc(C(=O)C(Cc2ccc([N+](=O)[O-])cc2)=C(C(=O)O)c2ccc3nsnc3c2)cc(OC)c1OC. The third-order valence-corrected chi connectivity index (χ3v) is 6.34. The second-order valence-electron chi connectivity index (χ2n) is 7.97. The molecular weight excluding hydrogens is 514 g/mol. The smallest absolute Gasteiger partial charge is 0.336 e. The van der Waals surface area contributed by atoms with Crippen LogP contribution in [0.25, 0.3) is 16.6 Å². The first-order valence-corrected chi connectivity index (χ1v) is 11.8. The molecule has 3 aromatic carbocycles. The fraction of sp³-hybridized carbons (Fsp3) is 0.154. The zero-order valence-electron chi connectivity index (χ0n) is 20.5. The summed E-state index contributed by atoms with van der Waals surface area (Å²) in [7, 11) is 4.23. The number of hydrogen-bond donors (Lipinski definition) is 1. The Bertz CT molecular complexity index is 1550. The number of rotatable bonds is 10. The highest BCUT2D eigenvalue weighted by molar-refractivity contribution is 7.00. The average molecular weight is 536 g/mol. The summed E-state index contributed by atoms with van der Waals surface area (Å²) in [4.78, 5) is 37.2. The Morgan fingerprint density at radius 1 is 0.895 bits per heavy atom. The Balaban J connectivity index is 1.93. The van der Waals surface area contributed by atoms with Gasteiger partial charge in [0.1, 0.15) is 11.0 Å². The highest BCUT2D eigenvalue weighted by Gasteiger charge is 2.26. The van der Waals surface area contributed by atoms with Crippen LogP contribution in [0.1, 0.15) is 21.5 Å². The number of carbonyl (C=O) groups excluding carboxylic acids is 1. The minimum Gasteiger partial charge on any atom is -0.493 e. The molecule has 1 N–H and O–H groups in total. The van der Waals surface area contributed by atoms with Crippen LogP contribution in [-0.2, 0) is 11.2 Å². The van der Waals surface area contributed by atoms with E-state index in [0.29, 0.717) is 16.6 Å². The number of carbonyl (C=O) groups is 2. The molecule has 1 aromatic heterocycles. The number of carboxylic acid groups (broad SMARTS) is 1. The molecule has 0 aliphatic rings. The third kappa shape index (κ3) is 5.15. The summed E-state index contributed by atoms with van der Waals surface area (Å²) in [6.07, 6.45) is -0.123. The number of nitrogens with zero attached hydrogens (tertiary/aromatic N) is 3. The summed E-state index contributed by atoms with van der Waals surface area (Å²) in [6.45, 7) is 0. The van der Waals surface area contributed by atoms with E-state index in [9.17, 15) is 24.8 Å². The number of carboxylic acids is 1. The van der Waals surface area contributed by atoms with E-state index in [2.05, 4.69) is 8.75 Å². The van der Waals surface area contributed by atoms with Crippen molar-refractivity contribution >= 4 is 45.8 Å². The molecule has 0 aliphatic carbocycles. The maximum Gasteiger partial charge on any atom is 0.336 e. The summed E-state index contributed by atoms with van der Waals surface area (Å²) in [6, 6.07) is 13.2. The number of fused-ring (bicyclic) bond motifs is 1. The van der Waals surface area contributed by atoms with Crippen molar-refractivity contribution in [1.29, 1.82) is 0 Å². The number of aliphatic carboxylic acids is 1. The number of non-ortho nitro benzene ring substituents is 1. The number of Topliss-reactive ketones (excluding diaryl/α,β-unsaturated/α-hetero) is 1. The van der Waals surface area contributed by atoms with Crippen LogP contribution in [0.5, 0.6) is 17.2 Å². The summed E-state index contributed by atoms with van der Waals surface area (Å²) in [5, 5.41) is 21.4. The van der Waals surface area contributed by atoms with E-state index in [1.165, 1.54) is 57.7 Å². The summed E-state index contributed by atoms with van der Waals surface area (Å²) >= 11 is 0.986. The summed E-state index contributed by atoms with van der Waals surface area (Å²) < 4.78 is 24.4. The van der Waals surface area contributed by atoms with Crippen LogP contribution < -0.4 is 14.2 Å². The molecule has 0 spiro atoms. The maximum atomic E-state index is 14.0. The van der Waals surface area contributed by atoms with Crippen molar-refractivity contribution in [3.05, 3.63) is 87.0 Å². The molecule has 0 saturated carbocycles. The van der Waals surface area contributed by atoms with Crippen LogP contribution in [0.2, 0.25) is 0 Å². The van der Waals surface area contributed by atoms with Gasteiger partial charge >= 0.3 is 5.97 Å². The fourth-order valence-electron chi connectivity index (χ4n) is 3.97. The van der Waals surface area contributed by atoms with Crippen LogP contribution in [0.15, 0.2) is 60.2 Å². The zero-order valence-corrected chi connectivity index (χ0v) is 21.3. The Morgan fingerprint density at radius 2 is 1.53 bits per heavy atom. The normalized spacial score (nSPS) is 11.6. The Kier molecular flexibility index (Phi) is 7.63. The quantitative estimate of drug-likeness (QED) is 0.132. The molecule has 0 aliphatic heterocycles. The minimum absolute atomic E-state index is 0.0526. The van der Waals surface area contributed by atoms with Gasteiger partial charge < -0.3 is 19.3 Å². The van der Waals surface area contributed by atoms with E-state index in [-0.39, 0.29) is 51.6 Å². The number of nitro benzene ring substituents is 1. The van der Waals surface area contributed by atoms with Gasteiger partial charge in [0.25, 0.3) is 5.69 Å². The number of hydrogen-bond acceptors (Lipinski definition) is 10. The van der Waals surface area contributed by atoms with Gasteiger partial charge in [0.2, 0.25) is 5.75 Å². The number of ketones is 1. The second-order valence-corrected chi connectivity index (χ2v) is 8.50. The van der Waals surface area contributed by atoms with Gasteiger partial charge in [-0.2, -0.15) is 8.75 Å². The molecule has 0 atom stereocenters. The van der Waals surface area contributed by atoms with Crippen molar-refractivity contribution in [2.75, 3.05) is 21.3 Å². The van der Waals surface area contributed by atoms with Gasteiger partial charge in [0, 0.05) is 29.7 Å². The van der Waals surface area contributed by atoms with Gasteiger partial charge in [-0.15, -0.1) is 0 Å². The standard InChI is InChI=1S/C26H21N3O8S/c1-35-21-12-16(13-22(36-2)25(21)37-3)24(30)18(10-14-4-7-17(8-5-14)29(33)34)23(26(31)32)15-6-9-19-20(11-15)28-38-27-19/h4-9,11-13H,10H2,1-3H3,(H,31,32). The lowest BCUT2D eigenvalue weighted by molar-refractivity contribution is -0.384. The number of benzene rings is 3. The summed E-state index contributed by atoms with van der Waals surface area (Å²) in [5.74, 6) is -1.22. The minimum atomic E-state index is -1.33. The van der Waals surface area contributed by atoms with Gasteiger partial charge in [-0.05, 0) is 35.4 Å². The molecule has 38 heavy (non-hydrogen) atoms. The number of nitro groups is 1. The van der Waals surface area contributed by atoms with E-state index < -0.39 is 16.7 Å². The van der Waals surface area contributed by atoms with E-state index in [1.807, 2.05) is 0 Å². The van der Waals surface area contributed by atoms with E-state index in [4.69, 9.17) is 14.2 Å². The predicted molar refractivity (Wildman–Crippen MR) is 139 cm³/mol. The van der Waals surface area contributed by atoms with Crippen LogP contribution in [0.4, 0.5) is 5.69 Å². The van der Waals surface area contributed by atoms with Gasteiger partial charge in [0.05, 0.1) is 43.6 Å². The third-order valence-electron chi connectivity index (χ3n) is 5.79. The van der Waals surface area contributed by atoms with Crippen molar-refractivity contribution in [2.24, 2.45) is 0 Å². The Labute approximate surface area is 220 Å². The number of allylic oxidation sites excluding steroid dienone is 1. The number of aromatic nitrogens is 2. The topological polar surface area (TPSA) is 151 Å². The van der Waals surface area contributed by atoms with E-state index in [1.54, 1.807) is 18.2 Å². The molecule has 4 rings (SSSR count). The Hall–Kier alpha value is -4.84. The lowest BCUT2D eigenvalue weighted by Gasteiger charge is -2.16.